The first kappa shape index (κ1) is 12.5. The first-order chi connectivity index (χ1) is 8.63. The zero-order chi connectivity index (χ0) is 13.1. The van der Waals surface area contributed by atoms with E-state index >= 15 is 0 Å². The van der Waals surface area contributed by atoms with Crippen molar-refractivity contribution in [1.29, 1.82) is 0 Å². The Labute approximate surface area is 108 Å². The number of ether oxygens (including phenoxy) is 1. The maximum absolute atomic E-state index is 13.7. The minimum absolute atomic E-state index is 0.218. The molecule has 0 saturated carbocycles. The van der Waals surface area contributed by atoms with Crippen molar-refractivity contribution in [2.75, 3.05) is 7.11 Å². The average molecular weight is 266 g/mol. The molecule has 0 N–H and O–H groups in total. The van der Waals surface area contributed by atoms with E-state index in [9.17, 15) is 9.18 Å². The van der Waals surface area contributed by atoms with E-state index in [4.69, 9.17) is 11.6 Å². The largest absolute Gasteiger partial charge is 0.465 e. The van der Waals surface area contributed by atoms with Gasteiger partial charge in [-0.1, -0.05) is 17.7 Å². The number of pyridine rings is 1. The van der Waals surface area contributed by atoms with Crippen LogP contribution in [0.4, 0.5) is 4.39 Å². The van der Waals surface area contributed by atoms with Gasteiger partial charge in [-0.25, -0.2) is 9.18 Å². The third kappa shape index (κ3) is 2.33. The summed E-state index contributed by atoms with van der Waals surface area (Å²) < 4.78 is 18.3. The quantitative estimate of drug-likeness (QED) is 0.782. The number of benzene rings is 1. The standard InChI is InChI=1S/C13H9ClFNO2/c1-18-13(17)11-6-8(14)2-3-9(11)10-4-5-16-7-12(10)15/h2-7H,1H3. The smallest absolute Gasteiger partial charge is 0.338 e. The zero-order valence-corrected chi connectivity index (χ0v) is 10.2. The minimum atomic E-state index is -0.566. The maximum atomic E-state index is 13.7. The van der Waals surface area contributed by atoms with Gasteiger partial charge in [0.05, 0.1) is 18.9 Å². The molecule has 1 aromatic heterocycles. The third-order valence-corrected chi connectivity index (χ3v) is 2.68. The topological polar surface area (TPSA) is 39.2 Å². The Balaban J connectivity index is 2.64. The maximum Gasteiger partial charge on any atom is 0.338 e. The predicted octanol–water partition coefficient (Wildman–Crippen LogP) is 3.33. The van der Waals surface area contributed by atoms with Gasteiger partial charge < -0.3 is 4.74 Å². The molecule has 2 aromatic rings. The van der Waals surface area contributed by atoms with Crippen molar-refractivity contribution in [1.82, 2.24) is 4.98 Å². The van der Waals surface area contributed by atoms with Gasteiger partial charge in [0.2, 0.25) is 0 Å². The van der Waals surface area contributed by atoms with Gasteiger partial charge in [0.15, 0.2) is 0 Å². The molecule has 0 aliphatic rings. The molecule has 0 fully saturated rings. The van der Waals surface area contributed by atoms with Crippen LogP contribution in [-0.2, 0) is 4.74 Å². The lowest BCUT2D eigenvalue weighted by atomic mass is 10.0. The van der Waals surface area contributed by atoms with Crippen molar-refractivity contribution < 1.29 is 13.9 Å². The van der Waals surface area contributed by atoms with Crippen LogP contribution in [0, 0.1) is 5.82 Å². The number of hydrogen-bond acceptors (Lipinski definition) is 3. The van der Waals surface area contributed by atoms with Crippen LogP contribution in [-0.4, -0.2) is 18.1 Å². The number of halogens is 2. The Morgan fingerprint density at radius 3 is 2.78 bits per heavy atom. The van der Waals surface area contributed by atoms with Crippen molar-refractivity contribution >= 4 is 17.6 Å². The van der Waals surface area contributed by atoms with Crippen LogP contribution in [0.1, 0.15) is 10.4 Å². The average Bonchev–Trinajstić information content (AvgIpc) is 2.39. The van der Waals surface area contributed by atoms with Gasteiger partial charge >= 0.3 is 5.97 Å². The van der Waals surface area contributed by atoms with Crippen LogP contribution in [0.2, 0.25) is 5.02 Å². The number of aromatic nitrogens is 1. The number of nitrogens with zero attached hydrogens (tertiary/aromatic N) is 1. The second-order valence-electron chi connectivity index (χ2n) is 3.54. The summed E-state index contributed by atoms with van der Waals surface area (Å²) in [7, 11) is 1.26. The summed E-state index contributed by atoms with van der Waals surface area (Å²) in [5.74, 6) is -1.08. The molecule has 3 nitrogen and oxygen atoms in total. The number of hydrogen-bond donors (Lipinski definition) is 0. The SMILES string of the molecule is COC(=O)c1cc(Cl)ccc1-c1ccncc1F. The molecule has 0 radical (unpaired) electrons. The van der Waals surface area contributed by atoms with Crippen molar-refractivity contribution in [2.45, 2.75) is 0 Å². The molecular weight excluding hydrogens is 257 g/mol. The molecule has 0 unspecified atom stereocenters. The highest BCUT2D eigenvalue weighted by atomic mass is 35.5. The van der Waals surface area contributed by atoms with E-state index in [0.29, 0.717) is 10.6 Å². The van der Waals surface area contributed by atoms with Crippen LogP contribution in [0.15, 0.2) is 36.7 Å². The molecule has 1 heterocycles. The summed E-state index contributed by atoms with van der Waals surface area (Å²) in [6.45, 7) is 0. The Morgan fingerprint density at radius 2 is 2.11 bits per heavy atom. The lowest BCUT2D eigenvalue weighted by molar-refractivity contribution is 0.0601. The van der Waals surface area contributed by atoms with Crippen molar-refractivity contribution in [2.24, 2.45) is 0 Å². The van der Waals surface area contributed by atoms with Crippen molar-refractivity contribution in [3.05, 3.63) is 53.1 Å². The van der Waals surface area contributed by atoms with Crippen molar-refractivity contribution in [3.63, 3.8) is 0 Å². The van der Waals surface area contributed by atoms with Gasteiger partial charge in [0.1, 0.15) is 5.82 Å². The summed E-state index contributed by atoms with van der Waals surface area (Å²) >= 11 is 5.83. The molecule has 2 rings (SSSR count). The monoisotopic (exact) mass is 265 g/mol. The minimum Gasteiger partial charge on any atom is -0.465 e. The van der Waals surface area contributed by atoms with E-state index in [2.05, 4.69) is 9.72 Å². The molecular formula is C13H9ClFNO2. The molecule has 1 aromatic carbocycles. The number of methoxy groups -OCH3 is 1. The molecule has 0 spiro atoms. The van der Waals surface area contributed by atoms with Gasteiger partial charge in [-0.3, -0.25) is 4.98 Å². The Morgan fingerprint density at radius 1 is 1.33 bits per heavy atom. The summed E-state index contributed by atoms with van der Waals surface area (Å²) in [6, 6.07) is 6.10. The third-order valence-electron chi connectivity index (χ3n) is 2.45. The molecule has 92 valence electrons. The number of esters is 1. The van der Waals surface area contributed by atoms with Gasteiger partial charge in [0.25, 0.3) is 0 Å². The lowest BCUT2D eigenvalue weighted by Crippen LogP contribution is -2.04. The Hall–Kier alpha value is -1.94. The summed E-state index contributed by atoms with van der Waals surface area (Å²) in [5.41, 5.74) is 0.920. The molecule has 0 saturated heterocycles. The first-order valence-electron chi connectivity index (χ1n) is 5.11. The highest BCUT2D eigenvalue weighted by molar-refractivity contribution is 6.31. The van der Waals surface area contributed by atoms with Crippen LogP contribution in [0.5, 0.6) is 0 Å². The van der Waals surface area contributed by atoms with E-state index in [1.54, 1.807) is 12.1 Å². The van der Waals surface area contributed by atoms with E-state index < -0.39 is 11.8 Å². The Kier molecular flexibility index (Phi) is 3.58. The van der Waals surface area contributed by atoms with E-state index in [1.807, 2.05) is 0 Å². The highest BCUT2D eigenvalue weighted by Gasteiger charge is 2.16. The molecule has 18 heavy (non-hydrogen) atoms. The molecule has 0 aliphatic heterocycles. The fraction of sp³-hybridized carbons (Fsp3) is 0.0769. The van der Waals surface area contributed by atoms with E-state index in [-0.39, 0.29) is 11.1 Å². The van der Waals surface area contributed by atoms with Crippen LogP contribution >= 0.6 is 11.6 Å². The predicted molar refractivity (Wildman–Crippen MR) is 66.0 cm³/mol. The van der Waals surface area contributed by atoms with Gasteiger partial charge in [-0.2, -0.15) is 0 Å². The van der Waals surface area contributed by atoms with Crippen LogP contribution in [0.3, 0.4) is 0 Å². The summed E-state index contributed by atoms with van der Waals surface area (Å²) in [4.78, 5) is 15.3. The van der Waals surface area contributed by atoms with Crippen LogP contribution in [0.25, 0.3) is 11.1 Å². The number of carbonyl (C=O) groups excluding carboxylic acids is 1. The van der Waals surface area contributed by atoms with Gasteiger partial charge in [-0.05, 0) is 23.8 Å². The molecule has 0 amide bonds. The second kappa shape index (κ2) is 5.14. The second-order valence-corrected chi connectivity index (χ2v) is 3.97. The summed E-state index contributed by atoms with van der Waals surface area (Å²) in [5, 5.41) is 0.383. The van der Waals surface area contributed by atoms with Gasteiger partial charge in [-0.15, -0.1) is 0 Å². The number of rotatable bonds is 2. The Bertz CT molecular complexity index is 601. The molecule has 5 heteroatoms. The first-order valence-corrected chi connectivity index (χ1v) is 5.49. The molecule has 0 bridgehead atoms. The normalized spacial score (nSPS) is 10.2. The zero-order valence-electron chi connectivity index (χ0n) is 9.48. The van der Waals surface area contributed by atoms with Crippen molar-refractivity contribution in [3.8, 4) is 11.1 Å². The highest BCUT2D eigenvalue weighted by Crippen LogP contribution is 2.28. The van der Waals surface area contributed by atoms with E-state index in [0.717, 1.165) is 6.20 Å². The fourth-order valence-corrected chi connectivity index (χ4v) is 1.80. The molecule has 0 atom stereocenters. The number of carbonyl (C=O) groups is 1. The fourth-order valence-electron chi connectivity index (χ4n) is 1.62. The van der Waals surface area contributed by atoms with Crippen LogP contribution < -0.4 is 0 Å². The molecule has 0 aliphatic carbocycles. The summed E-state index contributed by atoms with van der Waals surface area (Å²) in [6.07, 6.45) is 2.54. The van der Waals surface area contributed by atoms with E-state index in [1.165, 1.54) is 25.4 Å². The van der Waals surface area contributed by atoms with Gasteiger partial charge in [0, 0.05) is 16.8 Å². The lowest BCUT2D eigenvalue weighted by Gasteiger charge is -2.09.